The Labute approximate surface area is 134 Å². The molecule has 0 atom stereocenters. The Balaban J connectivity index is 1.63. The number of benzene rings is 2. The maximum atomic E-state index is 11.4. The molecule has 0 aliphatic carbocycles. The van der Waals surface area contributed by atoms with Crippen molar-refractivity contribution in [2.75, 3.05) is 7.05 Å². The summed E-state index contributed by atoms with van der Waals surface area (Å²) in [4.78, 5) is 11.4. The van der Waals surface area contributed by atoms with Gasteiger partial charge >= 0.3 is 0 Å². The predicted octanol–water partition coefficient (Wildman–Crippen LogP) is 2.95. The summed E-state index contributed by atoms with van der Waals surface area (Å²) in [6.07, 6.45) is 1.71. The van der Waals surface area contributed by atoms with Crippen molar-refractivity contribution >= 4 is 5.91 Å². The van der Waals surface area contributed by atoms with E-state index in [0.717, 1.165) is 11.3 Å². The SMILES string of the molecule is CNC(=O)c1ccn(COc2ccc(-c3ccccc3)cc2)n1. The number of carbonyl (C=O) groups excluding carboxylic acids is 1. The van der Waals surface area contributed by atoms with Gasteiger partial charge in [0.05, 0.1) is 0 Å². The molecule has 1 amide bonds. The molecule has 5 heteroatoms. The van der Waals surface area contributed by atoms with Gasteiger partial charge in [-0.05, 0) is 29.3 Å². The van der Waals surface area contributed by atoms with Crippen LogP contribution >= 0.6 is 0 Å². The lowest BCUT2D eigenvalue weighted by atomic mass is 10.1. The lowest BCUT2D eigenvalue weighted by molar-refractivity contribution is 0.0956. The first kappa shape index (κ1) is 14.8. The largest absolute Gasteiger partial charge is 0.471 e. The smallest absolute Gasteiger partial charge is 0.271 e. The van der Waals surface area contributed by atoms with Crippen molar-refractivity contribution in [1.29, 1.82) is 0 Å². The van der Waals surface area contributed by atoms with Gasteiger partial charge in [-0.1, -0.05) is 42.5 Å². The van der Waals surface area contributed by atoms with Gasteiger partial charge in [0.25, 0.3) is 5.91 Å². The number of carbonyl (C=O) groups is 1. The summed E-state index contributed by atoms with van der Waals surface area (Å²) in [7, 11) is 1.58. The Kier molecular flexibility index (Phi) is 4.38. The topological polar surface area (TPSA) is 56.2 Å². The van der Waals surface area contributed by atoms with Crippen LogP contribution in [0, 0.1) is 0 Å². The Morgan fingerprint density at radius 1 is 1.04 bits per heavy atom. The Hall–Kier alpha value is -3.08. The third kappa shape index (κ3) is 3.58. The highest BCUT2D eigenvalue weighted by Crippen LogP contribution is 2.22. The van der Waals surface area contributed by atoms with Gasteiger partial charge in [0.1, 0.15) is 11.4 Å². The number of rotatable bonds is 5. The maximum Gasteiger partial charge on any atom is 0.271 e. The van der Waals surface area contributed by atoms with Crippen molar-refractivity contribution in [3.63, 3.8) is 0 Å². The Morgan fingerprint density at radius 3 is 2.43 bits per heavy atom. The molecule has 1 aromatic heterocycles. The first-order valence-electron chi connectivity index (χ1n) is 7.30. The fourth-order valence-electron chi connectivity index (χ4n) is 2.20. The molecule has 5 nitrogen and oxygen atoms in total. The van der Waals surface area contributed by atoms with Gasteiger partial charge in [-0.3, -0.25) is 4.79 Å². The van der Waals surface area contributed by atoms with Crippen molar-refractivity contribution in [3.05, 3.63) is 72.6 Å². The minimum absolute atomic E-state index is 0.212. The molecule has 0 unspecified atom stereocenters. The van der Waals surface area contributed by atoms with Gasteiger partial charge in [-0.25, -0.2) is 4.68 Å². The van der Waals surface area contributed by atoms with E-state index in [1.807, 2.05) is 42.5 Å². The van der Waals surface area contributed by atoms with Gasteiger partial charge in [0.2, 0.25) is 0 Å². The molecule has 0 spiro atoms. The van der Waals surface area contributed by atoms with E-state index in [2.05, 4.69) is 22.5 Å². The predicted molar refractivity (Wildman–Crippen MR) is 88.1 cm³/mol. The van der Waals surface area contributed by atoms with E-state index in [0.29, 0.717) is 5.69 Å². The summed E-state index contributed by atoms with van der Waals surface area (Å²) in [6.45, 7) is 0.252. The minimum Gasteiger partial charge on any atom is -0.471 e. The molecule has 23 heavy (non-hydrogen) atoms. The molecule has 0 saturated carbocycles. The number of hydrogen-bond donors (Lipinski definition) is 1. The monoisotopic (exact) mass is 307 g/mol. The van der Waals surface area contributed by atoms with Gasteiger partial charge in [-0.2, -0.15) is 5.10 Å². The fraction of sp³-hybridized carbons (Fsp3) is 0.111. The van der Waals surface area contributed by atoms with E-state index in [4.69, 9.17) is 4.74 Å². The van der Waals surface area contributed by atoms with Crippen molar-refractivity contribution in [3.8, 4) is 16.9 Å². The second-order valence-electron chi connectivity index (χ2n) is 4.98. The number of aromatic nitrogens is 2. The van der Waals surface area contributed by atoms with Crippen LogP contribution in [0.5, 0.6) is 5.75 Å². The van der Waals surface area contributed by atoms with Crippen LogP contribution in [0.2, 0.25) is 0 Å². The van der Waals surface area contributed by atoms with E-state index >= 15 is 0 Å². The lowest BCUT2D eigenvalue weighted by Crippen LogP contribution is -2.19. The zero-order chi connectivity index (χ0) is 16.1. The van der Waals surface area contributed by atoms with Crippen LogP contribution in [0.1, 0.15) is 10.5 Å². The van der Waals surface area contributed by atoms with E-state index < -0.39 is 0 Å². The van der Waals surface area contributed by atoms with Crippen molar-refractivity contribution < 1.29 is 9.53 Å². The van der Waals surface area contributed by atoms with Crippen LogP contribution in [0.15, 0.2) is 66.9 Å². The van der Waals surface area contributed by atoms with Crippen molar-refractivity contribution in [1.82, 2.24) is 15.1 Å². The number of nitrogens with one attached hydrogen (secondary N) is 1. The molecule has 3 rings (SSSR count). The molecule has 3 aromatic rings. The number of amides is 1. The zero-order valence-electron chi connectivity index (χ0n) is 12.8. The average Bonchev–Trinajstić information content (AvgIpc) is 3.09. The quantitative estimate of drug-likeness (QED) is 0.788. The third-order valence-corrected chi connectivity index (χ3v) is 3.43. The average molecular weight is 307 g/mol. The van der Waals surface area contributed by atoms with Gasteiger partial charge in [0.15, 0.2) is 6.73 Å². The molecular weight excluding hydrogens is 290 g/mol. The van der Waals surface area contributed by atoms with Gasteiger partial charge < -0.3 is 10.1 Å². The molecule has 0 aliphatic heterocycles. The normalized spacial score (nSPS) is 10.3. The van der Waals surface area contributed by atoms with Gasteiger partial charge in [-0.15, -0.1) is 0 Å². The second-order valence-corrected chi connectivity index (χ2v) is 4.98. The molecule has 0 aliphatic rings. The van der Waals surface area contributed by atoms with Crippen molar-refractivity contribution in [2.24, 2.45) is 0 Å². The number of nitrogens with zero attached hydrogens (tertiary/aromatic N) is 2. The van der Waals surface area contributed by atoms with E-state index in [1.165, 1.54) is 5.56 Å². The number of ether oxygens (including phenoxy) is 1. The van der Waals surface area contributed by atoms with Crippen LogP contribution in [0.25, 0.3) is 11.1 Å². The molecule has 1 heterocycles. The standard InChI is InChI=1S/C18H17N3O2/c1-19-18(22)17-11-12-21(20-17)13-23-16-9-7-15(8-10-16)14-5-3-2-4-6-14/h2-12H,13H2,1H3,(H,19,22). The molecule has 0 radical (unpaired) electrons. The van der Waals surface area contributed by atoms with Crippen molar-refractivity contribution in [2.45, 2.75) is 6.73 Å². The molecule has 1 N–H and O–H groups in total. The second kappa shape index (κ2) is 6.79. The fourth-order valence-corrected chi connectivity index (χ4v) is 2.20. The molecule has 0 bridgehead atoms. The number of hydrogen-bond acceptors (Lipinski definition) is 3. The first-order valence-corrected chi connectivity index (χ1v) is 7.30. The highest BCUT2D eigenvalue weighted by molar-refractivity contribution is 5.91. The highest BCUT2D eigenvalue weighted by Gasteiger charge is 2.07. The molecule has 0 fully saturated rings. The summed E-state index contributed by atoms with van der Waals surface area (Å²) < 4.78 is 7.26. The summed E-state index contributed by atoms with van der Waals surface area (Å²) in [6, 6.07) is 19.7. The van der Waals surface area contributed by atoms with Crippen LogP contribution in [0.3, 0.4) is 0 Å². The Bertz CT molecular complexity index is 780. The minimum atomic E-state index is -0.212. The van der Waals surface area contributed by atoms with Crippen LogP contribution < -0.4 is 10.1 Å². The highest BCUT2D eigenvalue weighted by atomic mass is 16.5. The molecule has 0 saturated heterocycles. The van der Waals surface area contributed by atoms with Crippen LogP contribution in [-0.2, 0) is 6.73 Å². The Morgan fingerprint density at radius 2 is 1.74 bits per heavy atom. The summed E-state index contributed by atoms with van der Waals surface area (Å²) in [5.74, 6) is 0.539. The van der Waals surface area contributed by atoms with Crippen LogP contribution in [-0.4, -0.2) is 22.7 Å². The molecule has 116 valence electrons. The third-order valence-electron chi connectivity index (χ3n) is 3.43. The van der Waals surface area contributed by atoms with Crippen LogP contribution in [0.4, 0.5) is 0 Å². The zero-order valence-corrected chi connectivity index (χ0v) is 12.8. The van der Waals surface area contributed by atoms with E-state index in [1.54, 1.807) is 24.0 Å². The summed E-state index contributed by atoms with van der Waals surface area (Å²) in [5.41, 5.74) is 2.68. The molecule has 2 aromatic carbocycles. The molecular formula is C18H17N3O2. The maximum absolute atomic E-state index is 11.4. The lowest BCUT2D eigenvalue weighted by Gasteiger charge is -2.07. The van der Waals surface area contributed by atoms with E-state index in [-0.39, 0.29) is 12.6 Å². The van der Waals surface area contributed by atoms with Gasteiger partial charge in [0, 0.05) is 13.2 Å². The van der Waals surface area contributed by atoms with E-state index in [9.17, 15) is 4.79 Å². The summed E-state index contributed by atoms with van der Waals surface area (Å²) >= 11 is 0. The first-order chi connectivity index (χ1) is 11.3. The summed E-state index contributed by atoms with van der Waals surface area (Å²) in [5, 5.41) is 6.68.